The number of nitrogens with zero attached hydrogens (tertiary/aromatic N) is 1. The van der Waals surface area contributed by atoms with Gasteiger partial charge in [-0.15, -0.1) is 0 Å². The van der Waals surface area contributed by atoms with Crippen LogP contribution in [0, 0.1) is 0 Å². The Kier molecular flexibility index (Phi) is 0.876. The maximum Gasteiger partial charge on any atom is 0.0890 e. The van der Waals surface area contributed by atoms with Crippen LogP contribution < -0.4 is 10.6 Å². The number of aliphatic imine (C=N–C) groups is 1. The summed E-state index contributed by atoms with van der Waals surface area (Å²) in [6.45, 7) is 2.29. The molecule has 3 nitrogen and oxygen atoms in total. The molecule has 2 heterocycles. The third-order valence-corrected chi connectivity index (χ3v) is 3.46. The molecule has 2 atom stereocenters. The maximum absolute atomic E-state index is 4.54. The van der Waals surface area contributed by atoms with Crippen LogP contribution in [0.2, 0.25) is 0 Å². The standard InChI is InChI=1S/C8H13N3/c1-3-9-4-2-8-5-7(1,8)10-6-11-8/h6,9H,1-5H2,(H,10,11). The van der Waals surface area contributed by atoms with Crippen molar-refractivity contribution in [1.82, 2.24) is 10.6 Å². The first-order chi connectivity index (χ1) is 5.37. The van der Waals surface area contributed by atoms with E-state index in [4.69, 9.17) is 0 Å². The largest absolute Gasteiger partial charge is 0.368 e. The van der Waals surface area contributed by atoms with Crippen molar-refractivity contribution in [3.05, 3.63) is 0 Å². The molecule has 0 aromatic heterocycles. The molecule has 1 aliphatic carbocycles. The second-order valence-corrected chi connectivity index (χ2v) is 3.94. The second-order valence-electron chi connectivity index (χ2n) is 3.94. The van der Waals surface area contributed by atoms with Crippen LogP contribution in [0.4, 0.5) is 0 Å². The van der Waals surface area contributed by atoms with E-state index < -0.39 is 0 Å². The van der Waals surface area contributed by atoms with E-state index in [0.717, 1.165) is 13.1 Å². The molecule has 3 aliphatic rings. The molecule has 11 heavy (non-hydrogen) atoms. The van der Waals surface area contributed by atoms with Crippen LogP contribution in [0.5, 0.6) is 0 Å². The van der Waals surface area contributed by atoms with E-state index in [1.165, 1.54) is 19.3 Å². The summed E-state index contributed by atoms with van der Waals surface area (Å²) < 4.78 is 0. The Balaban J connectivity index is 1.94. The van der Waals surface area contributed by atoms with E-state index in [-0.39, 0.29) is 0 Å². The molecule has 3 heteroatoms. The Morgan fingerprint density at radius 3 is 3.18 bits per heavy atom. The Morgan fingerprint density at radius 1 is 1.27 bits per heavy atom. The lowest BCUT2D eigenvalue weighted by molar-refractivity contribution is 0.509. The molecular formula is C8H13N3. The molecule has 0 aromatic carbocycles. The van der Waals surface area contributed by atoms with Gasteiger partial charge in [-0.1, -0.05) is 0 Å². The van der Waals surface area contributed by atoms with Crippen molar-refractivity contribution in [2.45, 2.75) is 30.3 Å². The first kappa shape index (κ1) is 6.00. The van der Waals surface area contributed by atoms with Gasteiger partial charge in [0.1, 0.15) is 0 Å². The third kappa shape index (κ3) is 0.562. The summed E-state index contributed by atoms with van der Waals surface area (Å²) in [5.74, 6) is 0. The van der Waals surface area contributed by atoms with Crippen LogP contribution in [-0.2, 0) is 0 Å². The summed E-state index contributed by atoms with van der Waals surface area (Å²) in [7, 11) is 0. The molecule has 1 saturated heterocycles. The predicted octanol–water partition coefficient (Wildman–Crippen LogP) is -0.117. The zero-order valence-corrected chi connectivity index (χ0v) is 6.56. The van der Waals surface area contributed by atoms with Gasteiger partial charge in [0, 0.05) is 6.42 Å². The Bertz CT molecular complexity index is 225. The van der Waals surface area contributed by atoms with Gasteiger partial charge in [-0.05, 0) is 25.9 Å². The molecule has 2 N–H and O–H groups in total. The summed E-state index contributed by atoms with van der Waals surface area (Å²) in [6, 6.07) is 0. The highest BCUT2D eigenvalue weighted by Crippen LogP contribution is 2.57. The highest BCUT2D eigenvalue weighted by Gasteiger charge is 2.69. The molecule has 0 aromatic rings. The van der Waals surface area contributed by atoms with Crippen LogP contribution >= 0.6 is 0 Å². The summed E-state index contributed by atoms with van der Waals surface area (Å²) in [6.07, 6.45) is 5.65. The first-order valence-corrected chi connectivity index (χ1v) is 4.39. The fourth-order valence-electron chi connectivity index (χ4n) is 2.60. The lowest BCUT2D eigenvalue weighted by Gasteiger charge is -2.12. The van der Waals surface area contributed by atoms with E-state index in [1.807, 2.05) is 6.34 Å². The van der Waals surface area contributed by atoms with Gasteiger partial charge < -0.3 is 10.6 Å². The van der Waals surface area contributed by atoms with E-state index in [0.29, 0.717) is 11.1 Å². The predicted molar refractivity (Wildman–Crippen MR) is 43.8 cm³/mol. The number of nitrogens with one attached hydrogen (secondary N) is 2. The van der Waals surface area contributed by atoms with Gasteiger partial charge in [-0.2, -0.15) is 0 Å². The van der Waals surface area contributed by atoms with E-state index in [9.17, 15) is 0 Å². The Morgan fingerprint density at radius 2 is 2.18 bits per heavy atom. The quantitative estimate of drug-likeness (QED) is 0.506. The minimum atomic E-state index is 0.316. The van der Waals surface area contributed by atoms with Crippen molar-refractivity contribution in [2.75, 3.05) is 13.1 Å². The van der Waals surface area contributed by atoms with E-state index in [1.54, 1.807) is 0 Å². The van der Waals surface area contributed by atoms with Gasteiger partial charge in [-0.25, -0.2) is 0 Å². The molecular weight excluding hydrogens is 138 g/mol. The number of hydrogen-bond acceptors (Lipinski definition) is 3. The normalized spacial score (nSPS) is 52.4. The smallest absolute Gasteiger partial charge is 0.0890 e. The molecule has 0 amide bonds. The summed E-state index contributed by atoms with van der Waals surface area (Å²) in [5, 5.41) is 6.82. The van der Waals surface area contributed by atoms with Gasteiger partial charge in [0.2, 0.25) is 0 Å². The molecule has 60 valence electrons. The lowest BCUT2D eigenvalue weighted by Crippen LogP contribution is -2.33. The van der Waals surface area contributed by atoms with E-state index in [2.05, 4.69) is 15.6 Å². The van der Waals surface area contributed by atoms with Crippen LogP contribution in [0.15, 0.2) is 4.99 Å². The van der Waals surface area contributed by atoms with Crippen molar-refractivity contribution in [3.63, 3.8) is 0 Å². The van der Waals surface area contributed by atoms with Gasteiger partial charge in [0.25, 0.3) is 0 Å². The van der Waals surface area contributed by atoms with Gasteiger partial charge in [0.05, 0.1) is 17.4 Å². The summed E-state index contributed by atoms with van der Waals surface area (Å²) >= 11 is 0. The molecule has 3 rings (SSSR count). The third-order valence-electron chi connectivity index (χ3n) is 3.46. The molecule has 0 radical (unpaired) electrons. The van der Waals surface area contributed by atoms with Crippen molar-refractivity contribution in [2.24, 2.45) is 4.99 Å². The monoisotopic (exact) mass is 151 g/mol. The van der Waals surface area contributed by atoms with Crippen LogP contribution in [-0.4, -0.2) is 30.5 Å². The van der Waals surface area contributed by atoms with Crippen molar-refractivity contribution in [3.8, 4) is 0 Å². The topological polar surface area (TPSA) is 36.4 Å². The zero-order chi connectivity index (χ0) is 7.36. The van der Waals surface area contributed by atoms with Crippen molar-refractivity contribution >= 4 is 6.34 Å². The van der Waals surface area contributed by atoms with Gasteiger partial charge >= 0.3 is 0 Å². The van der Waals surface area contributed by atoms with Crippen molar-refractivity contribution in [1.29, 1.82) is 0 Å². The average Bonchev–Trinajstić information content (AvgIpc) is 2.51. The summed E-state index contributed by atoms with van der Waals surface area (Å²) in [5.41, 5.74) is 0.701. The van der Waals surface area contributed by atoms with Crippen molar-refractivity contribution < 1.29 is 0 Å². The Hall–Kier alpha value is -0.570. The minimum Gasteiger partial charge on any atom is -0.368 e. The lowest BCUT2D eigenvalue weighted by atomic mass is 10.1. The first-order valence-electron chi connectivity index (χ1n) is 4.39. The Labute approximate surface area is 66.3 Å². The van der Waals surface area contributed by atoms with Crippen LogP contribution in [0.25, 0.3) is 0 Å². The molecule has 2 aliphatic heterocycles. The van der Waals surface area contributed by atoms with Crippen LogP contribution in [0.1, 0.15) is 19.3 Å². The van der Waals surface area contributed by atoms with Gasteiger partial charge in [-0.3, -0.25) is 4.99 Å². The number of rotatable bonds is 0. The summed E-state index contributed by atoms with van der Waals surface area (Å²) in [4.78, 5) is 4.54. The van der Waals surface area contributed by atoms with E-state index >= 15 is 0 Å². The molecule has 2 fully saturated rings. The highest BCUT2D eigenvalue weighted by molar-refractivity contribution is 5.66. The highest BCUT2D eigenvalue weighted by atomic mass is 15.3. The number of hydrogen-bond donors (Lipinski definition) is 2. The maximum atomic E-state index is 4.54. The molecule has 1 saturated carbocycles. The SMILES string of the molecule is C1=NC23CCNCCC2(C3)N1. The van der Waals surface area contributed by atoms with Crippen LogP contribution in [0.3, 0.4) is 0 Å². The van der Waals surface area contributed by atoms with Gasteiger partial charge in [0.15, 0.2) is 0 Å². The zero-order valence-electron chi connectivity index (χ0n) is 6.56. The average molecular weight is 151 g/mol. The molecule has 0 bridgehead atoms. The molecule has 2 unspecified atom stereocenters. The second kappa shape index (κ2) is 1.61. The molecule has 0 spiro atoms. The fraction of sp³-hybridized carbons (Fsp3) is 0.875. The minimum absolute atomic E-state index is 0.316. The fourth-order valence-corrected chi connectivity index (χ4v) is 2.60.